The third-order valence-electron chi connectivity index (χ3n) is 5.70. The number of thioether (sulfide) groups is 1. The van der Waals surface area contributed by atoms with Crippen LogP contribution in [0.5, 0.6) is 5.75 Å². The lowest BCUT2D eigenvalue weighted by Crippen LogP contribution is -2.35. The van der Waals surface area contributed by atoms with Gasteiger partial charge in [-0.15, -0.1) is 0 Å². The van der Waals surface area contributed by atoms with E-state index in [0.29, 0.717) is 18.3 Å². The van der Waals surface area contributed by atoms with Crippen LogP contribution in [0.4, 0.5) is 0 Å². The molecule has 0 fully saturated rings. The Morgan fingerprint density at radius 1 is 1.16 bits per heavy atom. The number of hydrogen-bond acceptors (Lipinski definition) is 5. The lowest BCUT2D eigenvalue weighted by molar-refractivity contribution is 0.241. The maximum Gasteiger partial charge on any atom is 0.256 e. The molecule has 3 heterocycles. The van der Waals surface area contributed by atoms with Gasteiger partial charge < -0.3 is 14.7 Å². The topological polar surface area (TPSA) is 74.0 Å². The summed E-state index contributed by atoms with van der Waals surface area (Å²) in [6.07, 6.45) is 4.76. The van der Waals surface area contributed by atoms with Gasteiger partial charge in [0.05, 0.1) is 11.3 Å². The van der Waals surface area contributed by atoms with Crippen molar-refractivity contribution in [2.24, 2.45) is 0 Å². The van der Waals surface area contributed by atoms with Crippen LogP contribution in [-0.4, -0.2) is 32.7 Å². The lowest BCUT2D eigenvalue weighted by Gasteiger charge is -2.27. The Morgan fingerprint density at radius 3 is 2.87 bits per heavy atom. The summed E-state index contributed by atoms with van der Waals surface area (Å²) in [5.41, 5.74) is 5.05. The standard InChI is InChI=1S/C24H24N4O2S/c1-31-24-26-19-10-11-28(14-18(19)23(29)27-24)13-17-12-25-20-8-5-9-21(22(17)20)30-15-16-6-3-2-4-7-16/h2-9,12,25H,10-11,13-15H2,1H3,(H,26,27,29). The van der Waals surface area contributed by atoms with Crippen molar-refractivity contribution in [2.45, 2.75) is 31.3 Å². The van der Waals surface area contributed by atoms with Crippen molar-refractivity contribution in [1.82, 2.24) is 19.9 Å². The summed E-state index contributed by atoms with van der Waals surface area (Å²) in [6, 6.07) is 16.3. The summed E-state index contributed by atoms with van der Waals surface area (Å²) in [4.78, 5) is 25.7. The molecule has 2 aromatic carbocycles. The smallest absolute Gasteiger partial charge is 0.256 e. The Balaban J connectivity index is 1.38. The van der Waals surface area contributed by atoms with E-state index in [1.807, 2.05) is 36.6 Å². The number of nitrogens with one attached hydrogen (secondary N) is 2. The number of fused-ring (bicyclic) bond motifs is 2. The molecule has 0 aliphatic carbocycles. The number of nitrogens with zero attached hydrogens (tertiary/aromatic N) is 2. The number of benzene rings is 2. The highest BCUT2D eigenvalue weighted by atomic mass is 32.2. The number of hydrogen-bond donors (Lipinski definition) is 2. The molecule has 0 spiro atoms. The number of ether oxygens (including phenoxy) is 1. The third-order valence-corrected chi connectivity index (χ3v) is 6.28. The fraction of sp³-hybridized carbons (Fsp3) is 0.250. The number of aromatic nitrogens is 3. The molecule has 4 aromatic rings. The second-order valence-electron chi connectivity index (χ2n) is 7.73. The summed E-state index contributed by atoms with van der Waals surface area (Å²) in [5.74, 6) is 0.874. The second kappa shape index (κ2) is 8.61. The summed E-state index contributed by atoms with van der Waals surface area (Å²) < 4.78 is 6.19. The summed E-state index contributed by atoms with van der Waals surface area (Å²) >= 11 is 1.47. The molecule has 158 valence electrons. The zero-order valence-electron chi connectivity index (χ0n) is 17.4. The fourth-order valence-corrected chi connectivity index (χ4v) is 4.53. The van der Waals surface area contributed by atoms with Gasteiger partial charge in [-0.3, -0.25) is 9.69 Å². The first kappa shape index (κ1) is 19.9. The molecule has 0 saturated heterocycles. The molecular formula is C24H24N4O2S. The summed E-state index contributed by atoms with van der Waals surface area (Å²) in [6.45, 7) is 2.75. The van der Waals surface area contributed by atoms with Crippen molar-refractivity contribution >= 4 is 22.7 Å². The van der Waals surface area contributed by atoms with Crippen molar-refractivity contribution in [2.75, 3.05) is 12.8 Å². The first-order valence-corrected chi connectivity index (χ1v) is 11.6. The van der Waals surface area contributed by atoms with E-state index in [1.165, 1.54) is 17.3 Å². The normalized spacial score (nSPS) is 14.0. The molecule has 6 nitrogen and oxygen atoms in total. The van der Waals surface area contributed by atoms with Crippen LogP contribution in [0.1, 0.15) is 22.4 Å². The molecule has 7 heteroatoms. The van der Waals surface area contributed by atoms with E-state index in [-0.39, 0.29) is 5.56 Å². The fourth-order valence-electron chi connectivity index (χ4n) is 4.13. The van der Waals surface area contributed by atoms with Gasteiger partial charge in [0.25, 0.3) is 5.56 Å². The van der Waals surface area contributed by atoms with Crippen molar-refractivity contribution in [3.63, 3.8) is 0 Å². The molecule has 0 unspecified atom stereocenters. The summed E-state index contributed by atoms with van der Waals surface area (Å²) in [5, 5.41) is 1.79. The Morgan fingerprint density at radius 2 is 2.03 bits per heavy atom. The van der Waals surface area contributed by atoms with Crippen LogP contribution in [0.2, 0.25) is 0 Å². The molecule has 31 heavy (non-hydrogen) atoms. The van der Waals surface area contributed by atoms with Crippen molar-refractivity contribution in [1.29, 1.82) is 0 Å². The van der Waals surface area contributed by atoms with Crippen LogP contribution in [0.3, 0.4) is 0 Å². The van der Waals surface area contributed by atoms with E-state index >= 15 is 0 Å². The van der Waals surface area contributed by atoms with Crippen molar-refractivity contribution in [3.05, 3.63) is 87.5 Å². The zero-order valence-corrected chi connectivity index (χ0v) is 18.2. The van der Waals surface area contributed by atoms with Gasteiger partial charge in [-0.25, -0.2) is 4.98 Å². The van der Waals surface area contributed by atoms with Crippen LogP contribution in [-0.2, 0) is 26.1 Å². The minimum Gasteiger partial charge on any atom is -0.488 e. The predicted molar refractivity (Wildman–Crippen MR) is 124 cm³/mol. The maximum atomic E-state index is 12.5. The van der Waals surface area contributed by atoms with Crippen molar-refractivity contribution < 1.29 is 4.74 Å². The minimum atomic E-state index is -0.0233. The Bertz CT molecular complexity index is 1270. The van der Waals surface area contributed by atoms with Crippen LogP contribution >= 0.6 is 11.8 Å². The van der Waals surface area contributed by atoms with E-state index < -0.39 is 0 Å². The Hall–Kier alpha value is -3.03. The third kappa shape index (κ3) is 4.11. The molecule has 0 atom stereocenters. The first-order valence-electron chi connectivity index (χ1n) is 10.4. The monoisotopic (exact) mass is 432 g/mol. The van der Waals surface area contributed by atoms with Gasteiger partial charge >= 0.3 is 0 Å². The van der Waals surface area contributed by atoms with Gasteiger partial charge in [-0.1, -0.05) is 48.2 Å². The molecule has 0 bridgehead atoms. The molecule has 0 saturated carbocycles. The molecular weight excluding hydrogens is 408 g/mol. The van der Waals surface area contributed by atoms with E-state index in [4.69, 9.17) is 4.74 Å². The van der Waals surface area contributed by atoms with Gasteiger partial charge in [0, 0.05) is 43.2 Å². The lowest BCUT2D eigenvalue weighted by atomic mass is 10.1. The molecule has 2 N–H and O–H groups in total. The highest BCUT2D eigenvalue weighted by Crippen LogP contribution is 2.31. The molecule has 0 amide bonds. The van der Waals surface area contributed by atoms with Gasteiger partial charge in [-0.05, 0) is 29.5 Å². The van der Waals surface area contributed by atoms with E-state index in [0.717, 1.165) is 53.0 Å². The van der Waals surface area contributed by atoms with Gasteiger partial charge in [0.1, 0.15) is 12.4 Å². The van der Waals surface area contributed by atoms with Crippen LogP contribution in [0.25, 0.3) is 10.9 Å². The van der Waals surface area contributed by atoms with Crippen LogP contribution in [0, 0.1) is 0 Å². The second-order valence-corrected chi connectivity index (χ2v) is 8.52. The number of H-pyrrole nitrogens is 2. The first-order chi connectivity index (χ1) is 15.2. The van der Waals surface area contributed by atoms with Crippen molar-refractivity contribution in [3.8, 4) is 5.75 Å². The SMILES string of the molecule is CSc1nc2c(c(=O)[nH]1)CN(Cc1c[nH]c3cccc(OCc4ccccc4)c13)CC2. The molecule has 0 radical (unpaired) electrons. The van der Waals surface area contributed by atoms with Gasteiger partial charge in [0.15, 0.2) is 5.16 Å². The molecule has 5 rings (SSSR count). The average Bonchev–Trinajstić information content (AvgIpc) is 3.22. The summed E-state index contributed by atoms with van der Waals surface area (Å²) in [7, 11) is 0. The average molecular weight is 433 g/mol. The quantitative estimate of drug-likeness (QED) is 0.354. The predicted octanol–water partition coefficient (Wildman–Crippen LogP) is 4.11. The van der Waals surface area contributed by atoms with E-state index in [2.05, 4.69) is 44.2 Å². The molecule has 1 aliphatic rings. The van der Waals surface area contributed by atoms with Crippen LogP contribution in [0.15, 0.2) is 64.7 Å². The van der Waals surface area contributed by atoms with Crippen LogP contribution < -0.4 is 10.3 Å². The maximum absolute atomic E-state index is 12.5. The Kier molecular flexibility index (Phi) is 5.53. The highest BCUT2D eigenvalue weighted by Gasteiger charge is 2.22. The highest BCUT2D eigenvalue weighted by molar-refractivity contribution is 7.98. The number of aromatic amines is 2. The minimum absolute atomic E-state index is 0.0233. The van der Waals surface area contributed by atoms with Gasteiger partial charge in [-0.2, -0.15) is 0 Å². The van der Waals surface area contributed by atoms with E-state index in [9.17, 15) is 4.79 Å². The number of rotatable bonds is 6. The largest absolute Gasteiger partial charge is 0.488 e. The Labute approximate surface area is 184 Å². The van der Waals surface area contributed by atoms with E-state index in [1.54, 1.807) is 0 Å². The molecule has 2 aromatic heterocycles. The zero-order chi connectivity index (χ0) is 21.2. The van der Waals surface area contributed by atoms with Gasteiger partial charge in [0.2, 0.25) is 0 Å². The molecule has 1 aliphatic heterocycles.